The maximum atomic E-state index is 5.48. The summed E-state index contributed by atoms with van der Waals surface area (Å²) < 4.78 is 5.48. The Balaban J connectivity index is 2.55. The molecule has 1 rings (SSSR count). The van der Waals surface area contributed by atoms with Crippen molar-refractivity contribution < 1.29 is 4.52 Å². The Morgan fingerprint density at radius 1 is 0.947 bits per heavy atom. The molecule has 0 fully saturated rings. The van der Waals surface area contributed by atoms with Gasteiger partial charge in [-0.2, -0.15) is 4.98 Å². The van der Waals surface area contributed by atoms with Crippen molar-refractivity contribution in [2.45, 2.75) is 90.9 Å². The predicted molar refractivity (Wildman–Crippen MR) is 79.4 cm³/mol. The van der Waals surface area contributed by atoms with Crippen LogP contribution in [0.1, 0.15) is 103 Å². The molecule has 0 spiro atoms. The van der Waals surface area contributed by atoms with Crippen LogP contribution in [0.15, 0.2) is 4.52 Å². The third kappa shape index (κ3) is 5.75. The van der Waals surface area contributed by atoms with E-state index in [1.54, 1.807) is 0 Å². The van der Waals surface area contributed by atoms with E-state index in [1.807, 2.05) is 0 Å². The summed E-state index contributed by atoms with van der Waals surface area (Å²) in [7, 11) is 0. The van der Waals surface area contributed by atoms with Crippen molar-refractivity contribution >= 4 is 0 Å². The first-order chi connectivity index (χ1) is 9.19. The van der Waals surface area contributed by atoms with Crippen molar-refractivity contribution in [3.05, 3.63) is 11.7 Å². The van der Waals surface area contributed by atoms with Crippen LogP contribution in [-0.2, 0) is 0 Å². The molecule has 0 aliphatic heterocycles. The molecule has 0 radical (unpaired) electrons. The first-order valence-electron chi connectivity index (χ1n) is 8.02. The fourth-order valence-electron chi connectivity index (χ4n) is 2.31. The van der Waals surface area contributed by atoms with Crippen LogP contribution in [0.5, 0.6) is 0 Å². The Morgan fingerprint density at radius 2 is 1.63 bits per heavy atom. The monoisotopic (exact) mass is 266 g/mol. The molecule has 0 aliphatic carbocycles. The molecule has 0 aliphatic rings. The molecule has 19 heavy (non-hydrogen) atoms. The lowest BCUT2D eigenvalue weighted by Crippen LogP contribution is -2.01. The average molecular weight is 266 g/mol. The summed E-state index contributed by atoms with van der Waals surface area (Å²) in [4.78, 5) is 4.58. The Hall–Kier alpha value is -0.860. The van der Waals surface area contributed by atoms with E-state index in [4.69, 9.17) is 4.52 Å². The summed E-state index contributed by atoms with van der Waals surface area (Å²) >= 11 is 0. The Kier molecular flexibility index (Phi) is 7.76. The molecular weight excluding hydrogens is 236 g/mol. The van der Waals surface area contributed by atoms with Gasteiger partial charge in [-0.05, 0) is 12.8 Å². The maximum Gasteiger partial charge on any atom is 0.229 e. The third-order valence-corrected chi connectivity index (χ3v) is 3.64. The zero-order chi connectivity index (χ0) is 14.1. The van der Waals surface area contributed by atoms with Crippen LogP contribution >= 0.6 is 0 Å². The van der Waals surface area contributed by atoms with E-state index >= 15 is 0 Å². The van der Waals surface area contributed by atoms with Gasteiger partial charge in [0.05, 0.1) is 0 Å². The molecule has 0 amide bonds. The molecule has 0 saturated heterocycles. The first-order valence-corrected chi connectivity index (χ1v) is 8.02. The van der Waals surface area contributed by atoms with Crippen LogP contribution in [0.2, 0.25) is 0 Å². The molecule has 3 nitrogen and oxygen atoms in total. The first kappa shape index (κ1) is 16.2. The fraction of sp³-hybridized carbons (Fsp3) is 0.875. The van der Waals surface area contributed by atoms with E-state index in [9.17, 15) is 0 Å². The highest BCUT2D eigenvalue weighted by atomic mass is 16.5. The second-order valence-electron chi connectivity index (χ2n) is 5.83. The van der Waals surface area contributed by atoms with Crippen LogP contribution < -0.4 is 0 Å². The number of rotatable bonds is 10. The minimum atomic E-state index is 0.351. The molecule has 0 bridgehead atoms. The summed E-state index contributed by atoms with van der Waals surface area (Å²) in [6, 6.07) is 0. The van der Waals surface area contributed by atoms with E-state index in [2.05, 4.69) is 37.8 Å². The minimum Gasteiger partial charge on any atom is -0.339 e. The SMILES string of the molecule is CCCCCCC(CCCC)c1nc(C(C)C)no1. The van der Waals surface area contributed by atoms with E-state index in [-0.39, 0.29) is 0 Å². The predicted octanol–water partition coefficient (Wildman–Crippen LogP) is 5.44. The normalized spacial score (nSPS) is 13.1. The van der Waals surface area contributed by atoms with Crippen LogP contribution in [0.25, 0.3) is 0 Å². The van der Waals surface area contributed by atoms with Gasteiger partial charge in [0.25, 0.3) is 0 Å². The molecule has 0 aromatic carbocycles. The van der Waals surface area contributed by atoms with Crippen LogP contribution in [0, 0.1) is 0 Å². The molecule has 0 saturated carbocycles. The van der Waals surface area contributed by atoms with Gasteiger partial charge in [-0.3, -0.25) is 0 Å². The van der Waals surface area contributed by atoms with E-state index in [0.717, 1.165) is 11.7 Å². The van der Waals surface area contributed by atoms with Gasteiger partial charge in [-0.25, -0.2) is 0 Å². The molecule has 110 valence electrons. The van der Waals surface area contributed by atoms with Crippen molar-refractivity contribution in [2.75, 3.05) is 0 Å². The zero-order valence-corrected chi connectivity index (χ0v) is 13.1. The second-order valence-corrected chi connectivity index (χ2v) is 5.83. The van der Waals surface area contributed by atoms with E-state index in [0.29, 0.717) is 11.8 Å². The van der Waals surface area contributed by atoms with Gasteiger partial charge < -0.3 is 4.52 Å². The zero-order valence-electron chi connectivity index (χ0n) is 13.1. The standard InChI is InChI=1S/C16H30N2O/c1-5-7-9-10-12-14(11-8-6-2)16-17-15(13(3)4)18-19-16/h13-14H,5-12H2,1-4H3. The number of hydrogen-bond donors (Lipinski definition) is 0. The minimum absolute atomic E-state index is 0.351. The smallest absolute Gasteiger partial charge is 0.229 e. The lowest BCUT2D eigenvalue weighted by Gasteiger charge is -2.11. The summed E-state index contributed by atoms with van der Waals surface area (Å²) in [6.45, 7) is 8.71. The number of hydrogen-bond acceptors (Lipinski definition) is 3. The fourth-order valence-corrected chi connectivity index (χ4v) is 2.31. The number of aromatic nitrogens is 2. The molecular formula is C16H30N2O. The quantitative estimate of drug-likeness (QED) is 0.529. The molecule has 1 heterocycles. The van der Waals surface area contributed by atoms with E-state index in [1.165, 1.54) is 51.4 Å². The highest BCUT2D eigenvalue weighted by Crippen LogP contribution is 2.27. The van der Waals surface area contributed by atoms with Crippen LogP contribution in [-0.4, -0.2) is 10.1 Å². The maximum absolute atomic E-state index is 5.48. The van der Waals surface area contributed by atoms with Gasteiger partial charge in [0.15, 0.2) is 5.82 Å². The van der Waals surface area contributed by atoms with Gasteiger partial charge >= 0.3 is 0 Å². The Bertz CT molecular complexity index is 333. The molecule has 1 atom stereocenters. The van der Waals surface area contributed by atoms with Crippen molar-refractivity contribution in [1.82, 2.24) is 10.1 Å². The molecule has 0 N–H and O–H groups in total. The summed E-state index contributed by atoms with van der Waals surface area (Å²) in [5.41, 5.74) is 0. The number of unbranched alkanes of at least 4 members (excludes halogenated alkanes) is 4. The van der Waals surface area contributed by atoms with Crippen molar-refractivity contribution in [2.24, 2.45) is 0 Å². The Morgan fingerprint density at radius 3 is 2.21 bits per heavy atom. The van der Waals surface area contributed by atoms with Gasteiger partial charge in [0.1, 0.15) is 0 Å². The summed E-state index contributed by atoms with van der Waals surface area (Å²) in [5, 5.41) is 4.10. The van der Waals surface area contributed by atoms with Gasteiger partial charge in [0.2, 0.25) is 5.89 Å². The van der Waals surface area contributed by atoms with Crippen molar-refractivity contribution in [1.29, 1.82) is 0 Å². The highest BCUT2D eigenvalue weighted by Gasteiger charge is 2.19. The second kappa shape index (κ2) is 9.11. The average Bonchev–Trinajstić information content (AvgIpc) is 2.87. The highest BCUT2D eigenvalue weighted by molar-refractivity contribution is 4.97. The number of nitrogens with zero attached hydrogens (tertiary/aromatic N) is 2. The van der Waals surface area contributed by atoms with Crippen molar-refractivity contribution in [3.8, 4) is 0 Å². The van der Waals surface area contributed by atoms with Gasteiger partial charge in [0, 0.05) is 11.8 Å². The molecule has 1 aromatic heterocycles. The lowest BCUT2D eigenvalue weighted by molar-refractivity contribution is 0.328. The largest absolute Gasteiger partial charge is 0.339 e. The summed E-state index contributed by atoms with van der Waals surface area (Å²) in [5.74, 6) is 2.54. The third-order valence-electron chi connectivity index (χ3n) is 3.64. The van der Waals surface area contributed by atoms with Gasteiger partial charge in [-0.1, -0.05) is 71.4 Å². The van der Waals surface area contributed by atoms with Gasteiger partial charge in [-0.15, -0.1) is 0 Å². The van der Waals surface area contributed by atoms with E-state index < -0.39 is 0 Å². The lowest BCUT2D eigenvalue weighted by atomic mass is 9.95. The molecule has 1 aromatic rings. The molecule has 1 unspecified atom stereocenters. The topological polar surface area (TPSA) is 38.9 Å². The van der Waals surface area contributed by atoms with Crippen molar-refractivity contribution in [3.63, 3.8) is 0 Å². The molecule has 3 heteroatoms. The summed E-state index contributed by atoms with van der Waals surface area (Å²) in [6.07, 6.45) is 10.1. The Labute approximate surface area is 118 Å². The van der Waals surface area contributed by atoms with Crippen LogP contribution in [0.3, 0.4) is 0 Å². The van der Waals surface area contributed by atoms with Crippen LogP contribution in [0.4, 0.5) is 0 Å².